The van der Waals surface area contributed by atoms with Crippen molar-refractivity contribution in [3.05, 3.63) is 42.5 Å². The molecule has 0 amide bonds. The lowest BCUT2D eigenvalue weighted by molar-refractivity contribution is 0.596. The highest BCUT2D eigenvalue weighted by Crippen LogP contribution is 2.28. The Morgan fingerprint density at radius 1 is 0.833 bits per heavy atom. The molecule has 0 aliphatic carbocycles. The molecule has 0 spiro atoms. The van der Waals surface area contributed by atoms with Gasteiger partial charge in [-0.1, -0.05) is 6.07 Å². The number of sulfone groups is 1. The van der Waals surface area contributed by atoms with Crippen LogP contribution in [0.5, 0.6) is 0 Å². The Morgan fingerprint density at radius 3 is 2.11 bits per heavy atom. The van der Waals surface area contributed by atoms with Crippen LogP contribution in [-0.4, -0.2) is 8.42 Å². The third kappa shape index (κ3) is 2.10. The molecule has 94 valence electrons. The van der Waals surface area contributed by atoms with E-state index in [1.165, 1.54) is 30.3 Å². The molecule has 0 bridgehead atoms. The molecule has 2 aromatic carbocycles. The summed E-state index contributed by atoms with van der Waals surface area (Å²) in [6.07, 6.45) is 0. The smallest absolute Gasteiger partial charge is 0.208 e. The van der Waals surface area contributed by atoms with Crippen molar-refractivity contribution in [1.29, 1.82) is 0 Å². The van der Waals surface area contributed by atoms with Crippen LogP contribution < -0.4 is 17.2 Å². The fourth-order valence-corrected chi connectivity index (χ4v) is 3.04. The third-order valence-electron chi connectivity index (χ3n) is 2.49. The fourth-order valence-electron chi connectivity index (χ4n) is 1.62. The van der Waals surface area contributed by atoms with Gasteiger partial charge in [-0.25, -0.2) is 8.42 Å². The van der Waals surface area contributed by atoms with Crippen molar-refractivity contribution in [3.8, 4) is 0 Å². The van der Waals surface area contributed by atoms with Crippen molar-refractivity contribution in [3.63, 3.8) is 0 Å². The van der Waals surface area contributed by atoms with Crippen molar-refractivity contribution < 1.29 is 8.42 Å². The molecule has 0 fully saturated rings. The van der Waals surface area contributed by atoms with Gasteiger partial charge in [-0.2, -0.15) is 0 Å². The average Bonchev–Trinajstić information content (AvgIpc) is 2.28. The fraction of sp³-hybridized carbons (Fsp3) is 0. The van der Waals surface area contributed by atoms with Gasteiger partial charge in [0.1, 0.15) is 0 Å². The van der Waals surface area contributed by atoms with E-state index < -0.39 is 9.84 Å². The first-order valence-corrected chi connectivity index (χ1v) is 6.65. The maximum Gasteiger partial charge on any atom is 0.208 e. The zero-order valence-electron chi connectivity index (χ0n) is 9.50. The molecule has 2 rings (SSSR count). The van der Waals surface area contributed by atoms with Crippen LogP contribution in [0.25, 0.3) is 0 Å². The van der Waals surface area contributed by atoms with Crippen LogP contribution in [0, 0.1) is 0 Å². The van der Waals surface area contributed by atoms with Gasteiger partial charge in [-0.3, -0.25) is 0 Å². The molecular formula is C12H13N3O2S. The van der Waals surface area contributed by atoms with Gasteiger partial charge in [-0.15, -0.1) is 0 Å². The zero-order valence-corrected chi connectivity index (χ0v) is 10.3. The second-order valence-electron chi connectivity index (χ2n) is 3.87. The number of hydrogen-bond acceptors (Lipinski definition) is 5. The van der Waals surface area contributed by atoms with E-state index in [2.05, 4.69) is 0 Å². The van der Waals surface area contributed by atoms with Crippen molar-refractivity contribution in [2.45, 2.75) is 9.79 Å². The Balaban J connectivity index is 2.62. The lowest BCUT2D eigenvalue weighted by Gasteiger charge is -2.08. The minimum absolute atomic E-state index is 0.0299. The number of nitrogen functional groups attached to an aromatic ring is 3. The van der Waals surface area contributed by atoms with E-state index in [1.807, 2.05) is 0 Å². The highest BCUT2D eigenvalue weighted by atomic mass is 32.2. The molecule has 0 heterocycles. The molecule has 2 aromatic rings. The van der Waals surface area contributed by atoms with Gasteiger partial charge >= 0.3 is 0 Å². The van der Waals surface area contributed by atoms with E-state index in [4.69, 9.17) is 17.2 Å². The van der Waals surface area contributed by atoms with Crippen LogP contribution in [0.15, 0.2) is 52.3 Å². The van der Waals surface area contributed by atoms with Crippen LogP contribution >= 0.6 is 0 Å². The van der Waals surface area contributed by atoms with Gasteiger partial charge in [0.05, 0.1) is 15.5 Å². The first kappa shape index (κ1) is 12.3. The highest BCUT2D eigenvalue weighted by Gasteiger charge is 2.20. The van der Waals surface area contributed by atoms with Crippen LogP contribution in [0.4, 0.5) is 17.1 Å². The molecule has 18 heavy (non-hydrogen) atoms. The summed E-state index contributed by atoms with van der Waals surface area (Å²) in [5.74, 6) is 0. The molecule has 0 aliphatic heterocycles. The Kier molecular flexibility index (Phi) is 2.88. The largest absolute Gasteiger partial charge is 0.399 e. The molecule has 0 saturated carbocycles. The van der Waals surface area contributed by atoms with E-state index >= 15 is 0 Å². The SMILES string of the molecule is Nc1cccc(S(=O)(=O)c2ccc(N)cc2N)c1. The Labute approximate surface area is 105 Å². The minimum Gasteiger partial charge on any atom is -0.399 e. The number of benzene rings is 2. The molecule has 0 aromatic heterocycles. The van der Waals surface area contributed by atoms with Gasteiger partial charge in [0, 0.05) is 11.4 Å². The highest BCUT2D eigenvalue weighted by molar-refractivity contribution is 7.91. The van der Waals surface area contributed by atoms with Crippen LogP contribution in [0.2, 0.25) is 0 Å². The van der Waals surface area contributed by atoms with E-state index in [0.717, 1.165) is 0 Å². The summed E-state index contributed by atoms with van der Waals surface area (Å²) in [5.41, 5.74) is 17.7. The van der Waals surface area contributed by atoms with E-state index in [-0.39, 0.29) is 15.5 Å². The molecule has 0 atom stereocenters. The predicted molar refractivity (Wildman–Crippen MR) is 71.6 cm³/mol. The summed E-state index contributed by atoms with van der Waals surface area (Å²) in [5, 5.41) is 0. The number of rotatable bonds is 2. The number of nitrogens with two attached hydrogens (primary N) is 3. The maximum absolute atomic E-state index is 12.3. The van der Waals surface area contributed by atoms with Crippen molar-refractivity contribution in [2.75, 3.05) is 17.2 Å². The lowest BCUT2D eigenvalue weighted by Crippen LogP contribution is -2.06. The normalized spacial score (nSPS) is 11.3. The summed E-state index contributed by atoms with van der Waals surface area (Å²) in [7, 11) is -3.67. The van der Waals surface area contributed by atoms with Crippen LogP contribution in [0.3, 0.4) is 0 Å². The zero-order chi connectivity index (χ0) is 13.3. The molecule has 0 radical (unpaired) electrons. The topological polar surface area (TPSA) is 112 Å². The van der Waals surface area contributed by atoms with Gasteiger partial charge in [0.25, 0.3) is 0 Å². The van der Waals surface area contributed by atoms with Gasteiger partial charge in [0.15, 0.2) is 0 Å². The Bertz CT molecular complexity index is 696. The first-order chi connectivity index (χ1) is 8.41. The third-order valence-corrected chi connectivity index (χ3v) is 4.32. The molecule has 0 aliphatic rings. The minimum atomic E-state index is -3.67. The van der Waals surface area contributed by atoms with Crippen molar-refractivity contribution in [2.24, 2.45) is 0 Å². The molecule has 6 heteroatoms. The summed E-state index contributed by atoms with van der Waals surface area (Å²) in [6, 6.07) is 10.4. The second kappa shape index (κ2) is 4.23. The molecule has 0 saturated heterocycles. The number of anilines is 3. The monoisotopic (exact) mass is 263 g/mol. The van der Waals surface area contributed by atoms with Crippen molar-refractivity contribution in [1.82, 2.24) is 0 Å². The summed E-state index contributed by atoms with van der Waals surface area (Å²) in [4.78, 5) is 0.140. The first-order valence-electron chi connectivity index (χ1n) is 5.17. The summed E-state index contributed by atoms with van der Waals surface area (Å²) < 4.78 is 24.7. The summed E-state index contributed by atoms with van der Waals surface area (Å²) in [6.45, 7) is 0. The second-order valence-corrected chi connectivity index (χ2v) is 5.79. The van der Waals surface area contributed by atoms with Gasteiger partial charge in [-0.05, 0) is 36.4 Å². The molecule has 0 unspecified atom stereocenters. The Hall–Kier alpha value is -2.21. The predicted octanol–water partition coefficient (Wildman–Crippen LogP) is 1.27. The molecule has 5 nitrogen and oxygen atoms in total. The maximum atomic E-state index is 12.3. The van der Waals surface area contributed by atoms with E-state index in [9.17, 15) is 8.42 Å². The number of hydrogen-bond donors (Lipinski definition) is 3. The van der Waals surface area contributed by atoms with Crippen LogP contribution in [-0.2, 0) is 9.84 Å². The lowest BCUT2D eigenvalue weighted by atomic mass is 10.3. The Morgan fingerprint density at radius 2 is 1.50 bits per heavy atom. The van der Waals surface area contributed by atoms with Gasteiger partial charge in [0.2, 0.25) is 9.84 Å². The van der Waals surface area contributed by atoms with E-state index in [1.54, 1.807) is 12.1 Å². The van der Waals surface area contributed by atoms with Crippen molar-refractivity contribution >= 4 is 26.9 Å². The molecular weight excluding hydrogens is 250 g/mol. The van der Waals surface area contributed by atoms with Gasteiger partial charge < -0.3 is 17.2 Å². The van der Waals surface area contributed by atoms with Crippen LogP contribution in [0.1, 0.15) is 0 Å². The summed E-state index contributed by atoms with van der Waals surface area (Å²) >= 11 is 0. The molecule has 6 N–H and O–H groups in total. The standard InChI is InChI=1S/C12H13N3O2S/c13-8-2-1-3-10(6-8)18(16,17)12-5-4-9(14)7-11(12)15/h1-7H,13-15H2. The van der Waals surface area contributed by atoms with E-state index in [0.29, 0.717) is 11.4 Å². The quantitative estimate of drug-likeness (QED) is 0.706. The average molecular weight is 263 g/mol.